The lowest BCUT2D eigenvalue weighted by Crippen LogP contribution is -2.37. The molecule has 7 heteroatoms. The van der Waals surface area contributed by atoms with E-state index in [2.05, 4.69) is 11.3 Å². The van der Waals surface area contributed by atoms with Crippen molar-refractivity contribution >= 4 is 15.7 Å². The second kappa shape index (κ2) is 6.36. The van der Waals surface area contributed by atoms with Gasteiger partial charge < -0.3 is 0 Å². The van der Waals surface area contributed by atoms with E-state index in [0.29, 0.717) is 0 Å². The molecule has 0 amide bonds. The quantitative estimate of drug-likeness (QED) is 0.497. The number of nitrogens with one attached hydrogen (secondary N) is 1. The molecule has 0 radical (unpaired) electrons. The number of nitrogens with zero attached hydrogens (tertiary/aromatic N) is 1. The number of hydrogen-bond donors (Lipinski definition) is 1. The topological polar surface area (TPSA) is 89.3 Å². The lowest BCUT2D eigenvalue weighted by Gasteiger charge is -2.19. The van der Waals surface area contributed by atoms with Gasteiger partial charge in [0.05, 0.1) is 9.82 Å². The minimum Gasteiger partial charge on any atom is -0.258 e. The largest absolute Gasteiger partial charge is 0.269 e. The van der Waals surface area contributed by atoms with Gasteiger partial charge >= 0.3 is 0 Å². The SMILES string of the molecule is C=CC[C@H]1CCC[C@H]1NS(=O)(=O)c1ccc([N+](=O)[O-])cc1. The molecule has 0 unspecified atom stereocenters. The zero-order valence-electron chi connectivity index (χ0n) is 11.6. The summed E-state index contributed by atoms with van der Waals surface area (Å²) in [4.78, 5) is 10.1. The smallest absolute Gasteiger partial charge is 0.258 e. The third-order valence-electron chi connectivity index (χ3n) is 3.79. The molecule has 1 aromatic carbocycles. The van der Waals surface area contributed by atoms with Crippen LogP contribution in [0.2, 0.25) is 0 Å². The van der Waals surface area contributed by atoms with Crippen molar-refractivity contribution < 1.29 is 13.3 Å². The highest BCUT2D eigenvalue weighted by molar-refractivity contribution is 7.89. The molecule has 2 rings (SSSR count). The van der Waals surface area contributed by atoms with Crippen LogP contribution in [0.1, 0.15) is 25.7 Å². The minimum atomic E-state index is -3.64. The summed E-state index contributed by atoms with van der Waals surface area (Å²) in [7, 11) is -3.64. The highest BCUT2D eigenvalue weighted by Crippen LogP contribution is 2.30. The van der Waals surface area contributed by atoms with E-state index in [1.54, 1.807) is 0 Å². The molecule has 1 N–H and O–H groups in total. The first-order chi connectivity index (χ1) is 9.94. The molecule has 0 bridgehead atoms. The van der Waals surface area contributed by atoms with E-state index in [1.165, 1.54) is 24.3 Å². The van der Waals surface area contributed by atoms with E-state index in [9.17, 15) is 18.5 Å². The summed E-state index contributed by atoms with van der Waals surface area (Å²) in [6, 6.07) is 4.83. The van der Waals surface area contributed by atoms with Crippen LogP contribution in [0.3, 0.4) is 0 Å². The molecule has 0 spiro atoms. The fourth-order valence-electron chi connectivity index (χ4n) is 2.70. The van der Waals surface area contributed by atoms with Gasteiger partial charge in [-0.25, -0.2) is 13.1 Å². The van der Waals surface area contributed by atoms with Crippen molar-refractivity contribution in [3.8, 4) is 0 Å². The Balaban J connectivity index is 2.14. The van der Waals surface area contributed by atoms with E-state index in [1.807, 2.05) is 6.08 Å². The molecule has 0 saturated heterocycles. The van der Waals surface area contributed by atoms with E-state index < -0.39 is 14.9 Å². The van der Waals surface area contributed by atoms with Crippen LogP contribution in [0.15, 0.2) is 41.8 Å². The highest BCUT2D eigenvalue weighted by Gasteiger charge is 2.30. The number of nitro groups is 1. The van der Waals surface area contributed by atoms with Crippen LogP contribution in [-0.2, 0) is 10.0 Å². The first-order valence-corrected chi connectivity index (χ1v) is 8.30. The number of rotatable bonds is 6. The average Bonchev–Trinajstić information content (AvgIpc) is 2.86. The van der Waals surface area contributed by atoms with Crippen LogP contribution in [-0.4, -0.2) is 19.4 Å². The number of hydrogen-bond acceptors (Lipinski definition) is 4. The Kier molecular flexibility index (Phi) is 4.74. The number of nitro benzene ring substituents is 1. The summed E-state index contributed by atoms with van der Waals surface area (Å²) in [6.07, 6.45) is 5.38. The Morgan fingerprint density at radius 3 is 2.57 bits per heavy atom. The van der Waals surface area contributed by atoms with E-state index in [-0.39, 0.29) is 22.5 Å². The second-order valence-electron chi connectivity index (χ2n) is 5.19. The van der Waals surface area contributed by atoms with Gasteiger partial charge in [0, 0.05) is 18.2 Å². The number of sulfonamides is 1. The van der Waals surface area contributed by atoms with E-state index >= 15 is 0 Å². The Morgan fingerprint density at radius 2 is 2.00 bits per heavy atom. The van der Waals surface area contributed by atoms with Gasteiger partial charge in [-0.3, -0.25) is 10.1 Å². The van der Waals surface area contributed by atoms with Crippen LogP contribution < -0.4 is 4.72 Å². The summed E-state index contributed by atoms with van der Waals surface area (Å²) in [5.74, 6) is 0.273. The molecule has 0 aromatic heterocycles. The molecule has 21 heavy (non-hydrogen) atoms. The molecule has 2 atom stereocenters. The van der Waals surface area contributed by atoms with Crippen LogP contribution >= 0.6 is 0 Å². The van der Waals surface area contributed by atoms with Crippen molar-refractivity contribution in [1.82, 2.24) is 4.72 Å². The molecule has 0 heterocycles. The number of non-ortho nitro benzene ring substituents is 1. The maximum atomic E-state index is 12.3. The van der Waals surface area contributed by atoms with Crippen molar-refractivity contribution in [2.45, 2.75) is 36.6 Å². The molecule has 6 nitrogen and oxygen atoms in total. The van der Waals surface area contributed by atoms with Gasteiger partial charge in [-0.05, 0) is 37.3 Å². The van der Waals surface area contributed by atoms with Crippen molar-refractivity contribution in [1.29, 1.82) is 0 Å². The van der Waals surface area contributed by atoms with Gasteiger partial charge in [0.15, 0.2) is 0 Å². The van der Waals surface area contributed by atoms with Gasteiger partial charge in [0.2, 0.25) is 10.0 Å². The lowest BCUT2D eigenvalue weighted by atomic mass is 10.0. The molecule has 1 fully saturated rings. The van der Waals surface area contributed by atoms with Gasteiger partial charge in [-0.2, -0.15) is 0 Å². The van der Waals surface area contributed by atoms with Crippen LogP contribution in [0.4, 0.5) is 5.69 Å². The summed E-state index contributed by atoms with van der Waals surface area (Å²) >= 11 is 0. The Labute approximate surface area is 124 Å². The number of allylic oxidation sites excluding steroid dienone is 1. The van der Waals surface area contributed by atoms with Crippen molar-refractivity contribution in [3.63, 3.8) is 0 Å². The van der Waals surface area contributed by atoms with Crippen molar-refractivity contribution in [2.24, 2.45) is 5.92 Å². The molecule has 1 saturated carbocycles. The third-order valence-corrected chi connectivity index (χ3v) is 5.30. The predicted molar refractivity (Wildman–Crippen MR) is 79.4 cm³/mol. The molecule has 0 aliphatic heterocycles. The first-order valence-electron chi connectivity index (χ1n) is 6.81. The Hall–Kier alpha value is -1.73. The zero-order valence-corrected chi connectivity index (χ0v) is 12.4. The Morgan fingerprint density at radius 1 is 1.33 bits per heavy atom. The molecular formula is C14H18N2O4S. The maximum Gasteiger partial charge on any atom is 0.269 e. The Bertz CT molecular complexity index is 625. The van der Waals surface area contributed by atoms with Crippen molar-refractivity contribution in [2.75, 3.05) is 0 Å². The molecule has 1 aliphatic rings. The third kappa shape index (κ3) is 3.68. The summed E-state index contributed by atoms with van der Waals surface area (Å²) < 4.78 is 27.3. The highest BCUT2D eigenvalue weighted by atomic mass is 32.2. The van der Waals surface area contributed by atoms with Gasteiger partial charge in [-0.15, -0.1) is 6.58 Å². The van der Waals surface area contributed by atoms with Gasteiger partial charge in [0.1, 0.15) is 0 Å². The molecule has 114 valence electrons. The summed E-state index contributed by atoms with van der Waals surface area (Å²) in [5.41, 5.74) is -0.126. The number of benzene rings is 1. The summed E-state index contributed by atoms with van der Waals surface area (Å²) in [6.45, 7) is 3.70. The normalized spacial score (nSPS) is 22.1. The van der Waals surface area contributed by atoms with Crippen molar-refractivity contribution in [3.05, 3.63) is 47.0 Å². The van der Waals surface area contributed by atoms with Gasteiger partial charge in [0.25, 0.3) is 5.69 Å². The van der Waals surface area contributed by atoms with E-state index in [0.717, 1.165) is 25.7 Å². The average molecular weight is 310 g/mol. The zero-order chi connectivity index (χ0) is 15.5. The lowest BCUT2D eigenvalue weighted by molar-refractivity contribution is -0.384. The fourth-order valence-corrected chi connectivity index (χ4v) is 4.04. The standard InChI is InChI=1S/C14H18N2O4S/c1-2-4-11-5-3-6-14(11)15-21(19,20)13-9-7-12(8-10-13)16(17)18/h2,7-11,14-15H,1,3-6H2/t11-,14+/m0/s1. The first kappa shape index (κ1) is 15.7. The second-order valence-corrected chi connectivity index (χ2v) is 6.91. The molecular weight excluding hydrogens is 292 g/mol. The maximum absolute atomic E-state index is 12.3. The monoisotopic (exact) mass is 310 g/mol. The minimum absolute atomic E-state index is 0.0531. The molecule has 1 aromatic rings. The van der Waals surface area contributed by atoms with Crippen LogP contribution in [0.25, 0.3) is 0 Å². The fraction of sp³-hybridized carbons (Fsp3) is 0.429. The van der Waals surface area contributed by atoms with Crippen LogP contribution in [0.5, 0.6) is 0 Å². The summed E-state index contributed by atoms with van der Waals surface area (Å²) in [5, 5.41) is 10.6. The van der Waals surface area contributed by atoms with Crippen LogP contribution in [0, 0.1) is 16.0 Å². The predicted octanol–water partition coefficient (Wildman–Crippen LogP) is 2.62. The molecule has 1 aliphatic carbocycles. The van der Waals surface area contributed by atoms with E-state index in [4.69, 9.17) is 0 Å². The van der Waals surface area contributed by atoms with Gasteiger partial charge in [-0.1, -0.05) is 12.5 Å².